The second kappa shape index (κ2) is 2.82. The van der Waals surface area contributed by atoms with E-state index in [1.54, 1.807) is 0 Å². The number of nitrogens with two attached hydrogens (primary N) is 1. The van der Waals surface area contributed by atoms with E-state index in [0.717, 1.165) is 6.20 Å². The minimum Gasteiger partial charge on any atom is -0.381 e. The SMILES string of the molecule is CC(C)c1ncc(F)c(N)n1. The monoisotopic (exact) mass is 155 g/mol. The fraction of sp³-hybridized carbons (Fsp3) is 0.429. The summed E-state index contributed by atoms with van der Waals surface area (Å²) in [6, 6.07) is 0. The van der Waals surface area contributed by atoms with Gasteiger partial charge in [0.25, 0.3) is 0 Å². The molecule has 0 aromatic carbocycles. The quantitative estimate of drug-likeness (QED) is 0.665. The molecule has 0 saturated carbocycles. The minimum absolute atomic E-state index is 0.0799. The van der Waals surface area contributed by atoms with E-state index in [2.05, 4.69) is 9.97 Å². The third kappa shape index (κ3) is 1.63. The Kier molecular flexibility index (Phi) is 2.03. The first kappa shape index (κ1) is 7.91. The lowest BCUT2D eigenvalue weighted by molar-refractivity contribution is 0.610. The Morgan fingerprint density at radius 1 is 1.55 bits per heavy atom. The molecule has 3 nitrogen and oxygen atoms in total. The van der Waals surface area contributed by atoms with Gasteiger partial charge in [0.2, 0.25) is 0 Å². The number of hydrogen-bond donors (Lipinski definition) is 1. The summed E-state index contributed by atoms with van der Waals surface area (Å²) in [4.78, 5) is 7.54. The highest BCUT2D eigenvalue weighted by Gasteiger charge is 2.05. The van der Waals surface area contributed by atoms with Crippen LogP contribution in [0, 0.1) is 5.82 Å². The van der Waals surface area contributed by atoms with Crippen LogP contribution in [0.5, 0.6) is 0 Å². The lowest BCUT2D eigenvalue weighted by Crippen LogP contribution is -2.03. The lowest BCUT2D eigenvalue weighted by Gasteiger charge is -2.02. The number of halogens is 1. The topological polar surface area (TPSA) is 51.8 Å². The molecule has 1 rings (SSSR count). The number of anilines is 1. The first-order chi connectivity index (χ1) is 5.11. The molecule has 60 valence electrons. The van der Waals surface area contributed by atoms with Crippen molar-refractivity contribution in [3.63, 3.8) is 0 Å². The molecule has 0 aliphatic rings. The second-order valence-corrected chi connectivity index (χ2v) is 2.62. The Balaban J connectivity index is 3.05. The maximum atomic E-state index is 12.5. The van der Waals surface area contributed by atoms with E-state index in [1.165, 1.54) is 0 Å². The van der Waals surface area contributed by atoms with E-state index < -0.39 is 5.82 Å². The molecule has 0 aliphatic carbocycles. The average Bonchev–Trinajstić information content (AvgIpc) is 1.94. The van der Waals surface area contributed by atoms with Gasteiger partial charge in [-0.3, -0.25) is 0 Å². The zero-order chi connectivity index (χ0) is 8.43. The van der Waals surface area contributed by atoms with Crippen molar-refractivity contribution in [2.75, 3.05) is 5.73 Å². The van der Waals surface area contributed by atoms with Gasteiger partial charge >= 0.3 is 0 Å². The molecule has 0 radical (unpaired) electrons. The molecular weight excluding hydrogens is 145 g/mol. The van der Waals surface area contributed by atoms with Crippen LogP contribution in [0.3, 0.4) is 0 Å². The Labute approximate surface area is 64.5 Å². The molecule has 0 amide bonds. The Hall–Kier alpha value is -1.19. The summed E-state index contributed by atoms with van der Waals surface area (Å²) in [5.41, 5.74) is 5.23. The Morgan fingerprint density at radius 3 is 2.64 bits per heavy atom. The van der Waals surface area contributed by atoms with Gasteiger partial charge in [-0.2, -0.15) is 0 Å². The molecule has 0 saturated heterocycles. The minimum atomic E-state index is -0.561. The summed E-state index contributed by atoms with van der Waals surface area (Å²) >= 11 is 0. The Morgan fingerprint density at radius 2 is 2.18 bits per heavy atom. The number of nitrogens with zero attached hydrogens (tertiary/aromatic N) is 2. The number of hydrogen-bond acceptors (Lipinski definition) is 3. The van der Waals surface area contributed by atoms with Gasteiger partial charge in [0.15, 0.2) is 11.6 Å². The van der Waals surface area contributed by atoms with Crippen LogP contribution in [0.4, 0.5) is 10.2 Å². The van der Waals surface area contributed by atoms with Crippen LogP contribution < -0.4 is 5.73 Å². The zero-order valence-electron chi connectivity index (χ0n) is 6.50. The predicted octanol–water partition coefficient (Wildman–Crippen LogP) is 1.32. The van der Waals surface area contributed by atoms with Crippen molar-refractivity contribution in [2.45, 2.75) is 19.8 Å². The van der Waals surface area contributed by atoms with Gasteiger partial charge in [-0.05, 0) is 0 Å². The van der Waals surface area contributed by atoms with E-state index >= 15 is 0 Å². The van der Waals surface area contributed by atoms with Gasteiger partial charge in [0.1, 0.15) is 5.82 Å². The maximum absolute atomic E-state index is 12.5. The van der Waals surface area contributed by atoms with Crippen LogP contribution in [0.25, 0.3) is 0 Å². The van der Waals surface area contributed by atoms with Crippen molar-refractivity contribution in [1.82, 2.24) is 9.97 Å². The van der Waals surface area contributed by atoms with E-state index in [4.69, 9.17) is 5.73 Å². The average molecular weight is 155 g/mol. The maximum Gasteiger partial charge on any atom is 0.183 e. The summed E-state index contributed by atoms with van der Waals surface area (Å²) in [6.45, 7) is 3.85. The molecule has 1 heterocycles. The summed E-state index contributed by atoms with van der Waals surface area (Å²) < 4.78 is 12.5. The van der Waals surface area contributed by atoms with Crippen LogP contribution in [0.1, 0.15) is 25.6 Å². The second-order valence-electron chi connectivity index (χ2n) is 2.62. The first-order valence-corrected chi connectivity index (χ1v) is 3.39. The van der Waals surface area contributed by atoms with Crippen molar-refractivity contribution >= 4 is 5.82 Å². The highest BCUT2D eigenvalue weighted by molar-refractivity contribution is 5.28. The predicted molar refractivity (Wildman–Crippen MR) is 40.5 cm³/mol. The van der Waals surface area contributed by atoms with Crippen LogP contribution in [-0.4, -0.2) is 9.97 Å². The fourth-order valence-corrected chi connectivity index (χ4v) is 0.673. The van der Waals surface area contributed by atoms with E-state index in [-0.39, 0.29) is 11.7 Å². The van der Waals surface area contributed by atoms with Crippen LogP contribution in [0.15, 0.2) is 6.20 Å². The van der Waals surface area contributed by atoms with Crippen LogP contribution in [-0.2, 0) is 0 Å². The molecule has 0 aliphatic heterocycles. The molecule has 4 heteroatoms. The van der Waals surface area contributed by atoms with E-state index in [0.29, 0.717) is 5.82 Å². The molecular formula is C7H10FN3. The molecule has 11 heavy (non-hydrogen) atoms. The normalized spacial score (nSPS) is 10.5. The van der Waals surface area contributed by atoms with Crippen LogP contribution >= 0.6 is 0 Å². The van der Waals surface area contributed by atoms with Crippen molar-refractivity contribution in [2.24, 2.45) is 0 Å². The van der Waals surface area contributed by atoms with Gasteiger partial charge in [0, 0.05) is 5.92 Å². The highest BCUT2D eigenvalue weighted by atomic mass is 19.1. The van der Waals surface area contributed by atoms with Crippen LogP contribution in [0.2, 0.25) is 0 Å². The number of aromatic nitrogens is 2. The zero-order valence-corrected chi connectivity index (χ0v) is 6.50. The fourth-order valence-electron chi connectivity index (χ4n) is 0.673. The smallest absolute Gasteiger partial charge is 0.183 e. The van der Waals surface area contributed by atoms with Gasteiger partial charge in [0.05, 0.1) is 6.20 Å². The van der Waals surface area contributed by atoms with Crippen molar-refractivity contribution < 1.29 is 4.39 Å². The summed E-state index contributed by atoms with van der Waals surface area (Å²) in [7, 11) is 0. The standard InChI is InChI=1S/C7H10FN3/c1-4(2)7-10-3-5(8)6(9)11-7/h3-4H,1-2H3,(H2,9,10,11). The molecule has 0 spiro atoms. The van der Waals surface area contributed by atoms with Gasteiger partial charge in [-0.25, -0.2) is 14.4 Å². The molecule has 0 unspecified atom stereocenters. The van der Waals surface area contributed by atoms with Crippen molar-refractivity contribution in [3.05, 3.63) is 17.8 Å². The summed E-state index contributed by atoms with van der Waals surface area (Å²) in [5, 5.41) is 0. The molecule has 0 atom stereocenters. The third-order valence-electron chi connectivity index (χ3n) is 1.31. The van der Waals surface area contributed by atoms with Crippen molar-refractivity contribution in [1.29, 1.82) is 0 Å². The lowest BCUT2D eigenvalue weighted by atomic mass is 10.2. The Bertz CT molecular complexity index is 260. The molecule has 0 fully saturated rings. The van der Waals surface area contributed by atoms with Gasteiger partial charge in [-0.1, -0.05) is 13.8 Å². The largest absolute Gasteiger partial charge is 0.381 e. The summed E-state index contributed by atoms with van der Waals surface area (Å²) in [5.74, 6) is 0.111. The number of nitrogen functional groups attached to an aromatic ring is 1. The molecule has 0 bridgehead atoms. The van der Waals surface area contributed by atoms with E-state index in [9.17, 15) is 4.39 Å². The van der Waals surface area contributed by atoms with Crippen molar-refractivity contribution in [3.8, 4) is 0 Å². The summed E-state index contributed by atoms with van der Waals surface area (Å²) in [6.07, 6.45) is 1.09. The molecule has 1 aromatic heterocycles. The van der Waals surface area contributed by atoms with E-state index in [1.807, 2.05) is 13.8 Å². The highest BCUT2D eigenvalue weighted by Crippen LogP contribution is 2.11. The first-order valence-electron chi connectivity index (χ1n) is 3.39. The van der Waals surface area contributed by atoms with Gasteiger partial charge in [-0.15, -0.1) is 0 Å². The van der Waals surface area contributed by atoms with Gasteiger partial charge < -0.3 is 5.73 Å². The number of rotatable bonds is 1. The molecule has 2 N–H and O–H groups in total. The molecule has 1 aromatic rings. The third-order valence-corrected chi connectivity index (χ3v) is 1.31.